The van der Waals surface area contributed by atoms with Gasteiger partial charge in [0.05, 0.1) is 9.21 Å². The molecule has 0 spiro atoms. The zero-order chi connectivity index (χ0) is 16.9. The first-order chi connectivity index (χ1) is 11.7. The van der Waals surface area contributed by atoms with Gasteiger partial charge in [0, 0.05) is 38.2 Å². The van der Waals surface area contributed by atoms with E-state index in [1.165, 1.54) is 16.9 Å². The Labute approximate surface area is 151 Å². The number of hydrogen-bond donors (Lipinski definition) is 2. The minimum absolute atomic E-state index is 0.00426. The number of thiophene rings is 1. The molecule has 1 amide bonds. The van der Waals surface area contributed by atoms with Crippen molar-refractivity contribution < 1.29 is 9.90 Å². The molecule has 1 aliphatic heterocycles. The van der Waals surface area contributed by atoms with Crippen LogP contribution in [0.4, 0.5) is 0 Å². The molecule has 2 unspecified atom stereocenters. The highest BCUT2D eigenvalue weighted by atomic mass is 35.5. The summed E-state index contributed by atoms with van der Waals surface area (Å²) in [6.45, 7) is 2.63. The standard InChI is InChI=1S/C18H21ClN2O2S/c19-17-7-6-16(24-17)18(23)20-15-8-9-21(11-14(15)12-22)10-13-4-2-1-3-5-13/h1-7,14-15,22H,8-12H2,(H,20,23). The van der Waals surface area contributed by atoms with Crippen molar-refractivity contribution in [3.63, 3.8) is 0 Å². The predicted molar refractivity (Wildman–Crippen MR) is 97.5 cm³/mol. The van der Waals surface area contributed by atoms with Crippen LogP contribution in [0.1, 0.15) is 21.7 Å². The van der Waals surface area contributed by atoms with Gasteiger partial charge in [0.2, 0.25) is 0 Å². The number of halogens is 1. The fourth-order valence-electron chi connectivity index (χ4n) is 3.14. The second-order valence-electron chi connectivity index (χ2n) is 6.14. The molecule has 1 aromatic carbocycles. The lowest BCUT2D eigenvalue weighted by Crippen LogP contribution is -2.51. The number of aliphatic hydroxyl groups is 1. The van der Waals surface area contributed by atoms with Gasteiger partial charge in [-0.1, -0.05) is 41.9 Å². The molecule has 1 saturated heterocycles. The van der Waals surface area contributed by atoms with Crippen molar-refractivity contribution in [2.75, 3.05) is 19.7 Å². The molecule has 2 atom stereocenters. The Morgan fingerprint density at radius 2 is 2.08 bits per heavy atom. The van der Waals surface area contributed by atoms with E-state index in [2.05, 4.69) is 22.3 Å². The van der Waals surface area contributed by atoms with Gasteiger partial charge in [0.1, 0.15) is 0 Å². The number of nitrogens with one attached hydrogen (secondary N) is 1. The summed E-state index contributed by atoms with van der Waals surface area (Å²) in [7, 11) is 0. The van der Waals surface area contributed by atoms with E-state index >= 15 is 0 Å². The number of piperidine rings is 1. The number of likely N-dealkylation sites (tertiary alicyclic amines) is 1. The molecule has 24 heavy (non-hydrogen) atoms. The zero-order valence-electron chi connectivity index (χ0n) is 13.3. The summed E-state index contributed by atoms with van der Waals surface area (Å²) in [6.07, 6.45) is 0.836. The Morgan fingerprint density at radius 1 is 1.29 bits per heavy atom. The first-order valence-corrected chi connectivity index (χ1v) is 9.28. The Kier molecular flexibility index (Phi) is 5.89. The van der Waals surface area contributed by atoms with Gasteiger partial charge in [-0.05, 0) is 24.1 Å². The molecule has 128 valence electrons. The summed E-state index contributed by atoms with van der Waals surface area (Å²) in [5.74, 6) is -0.0614. The summed E-state index contributed by atoms with van der Waals surface area (Å²) in [5, 5.41) is 12.8. The van der Waals surface area contributed by atoms with E-state index < -0.39 is 0 Å². The van der Waals surface area contributed by atoms with Crippen LogP contribution < -0.4 is 5.32 Å². The van der Waals surface area contributed by atoms with Crippen molar-refractivity contribution >= 4 is 28.8 Å². The summed E-state index contributed by atoms with van der Waals surface area (Å²) in [5.41, 5.74) is 1.27. The molecule has 0 radical (unpaired) electrons. The van der Waals surface area contributed by atoms with Crippen LogP contribution in [0.2, 0.25) is 4.34 Å². The topological polar surface area (TPSA) is 52.6 Å². The zero-order valence-corrected chi connectivity index (χ0v) is 14.9. The number of rotatable bonds is 5. The van der Waals surface area contributed by atoms with Gasteiger partial charge in [-0.25, -0.2) is 0 Å². The van der Waals surface area contributed by atoms with E-state index in [4.69, 9.17) is 11.6 Å². The molecular formula is C18H21ClN2O2S. The Balaban J connectivity index is 1.58. The molecule has 1 aromatic heterocycles. The number of carbonyl (C=O) groups excluding carboxylic acids is 1. The smallest absolute Gasteiger partial charge is 0.261 e. The normalized spacial score (nSPS) is 21.6. The number of amides is 1. The number of benzene rings is 1. The number of aliphatic hydroxyl groups excluding tert-OH is 1. The highest BCUT2D eigenvalue weighted by molar-refractivity contribution is 7.17. The van der Waals surface area contributed by atoms with Crippen molar-refractivity contribution in [3.8, 4) is 0 Å². The van der Waals surface area contributed by atoms with Gasteiger partial charge in [0.25, 0.3) is 5.91 Å². The van der Waals surface area contributed by atoms with E-state index in [0.717, 1.165) is 26.1 Å². The molecule has 2 aromatic rings. The van der Waals surface area contributed by atoms with Crippen molar-refractivity contribution in [3.05, 3.63) is 57.2 Å². The third kappa shape index (κ3) is 4.36. The maximum absolute atomic E-state index is 12.3. The lowest BCUT2D eigenvalue weighted by atomic mass is 9.92. The van der Waals surface area contributed by atoms with Crippen LogP contribution in [0.5, 0.6) is 0 Å². The Bertz CT molecular complexity index is 677. The lowest BCUT2D eigenvalue weighted by Gasteiger charge is -2.38. The molecular weight excluding hydrogens is 344 g/mol. The van der Waals surface area contributed by atoms with Crippen LogP contribution in [0.15, 0.2) is 42.5 Å². The summed E-state index contributed by atoms with van der Waals surface area (Å²) in [6, 6.07) is 13.8. The van der Waals surface area contributed by atoms with Gasteiger partial charge < -0.3 is 10.4 Å². The van der Waals surface area contributed by atoms with Crippen LogP contribution in [-0.2, 0) is 6.54 Å². The fourth-order valence-corrected chi connectivity index (χ4v) is 4.09. The summed E-state index contributed by atoms with van der Waals surface area (Å²) in [4.78, 5) is 15.3. The van der Waals surface area contributed by atoms with Crippen molar-refractivity contribution in [2.24, 2.45) is 5.92 Å². The molecule has 0 aliphatic carbocycles. The van der Waals surface area contributed by atoms with Gasteiger partial charge >= 0.3 is 0 Å². The Morgan fingerprint density at radius 3 is 2.75 bits per heavy atom. The molecule has 4 nitrogen and oxygen atoms in total. The maximum Gasteiger partial charge on any atom is 0.261 e. The summed E-state index contributed by atoms with van der Waals surface area (Å²) >= 11 is 7.17. The molecule has 0 bridgehead atoms. The van der Waals surface area contributed by atoms with Gasteiger partial charge in [-0.3, -0.25) is 9.69 Å². The second-order valence-corrected chi connectivity index (χ2v) is 7.85. The maximum atomic E-state index is 12.3. The van der Waals surface area contributed by atoms with Crippen LogP contribution >= 0.6 is 22.9 Å². The molecule has 1 fully saturated rings. The van der Waals surface area contributed by atoms with Crippen LogP contribution in [-0.4, -0.2) is 41.7 Å². The van der Waals surface area contributed by atoms with E-state index in [-0.39, 0.29) is 24.5 Å². The number of carbonyl (C=O) groups is 1. The lowest BCUT2D eigenvalue weighted by molar-refractivity contribution is 0.0715. The van der Waals surface area contributed by atoms with Gasteiger partial charge in [0.15, 0.2) is 0 Å². The quantitative estimate of drug-likeness (QED) is 0.857. The van der Waals surface area contributed by atoms with E-state index in [1.54, 1.807) is 12.1 Å². The van der Waals surface area contributed by atoms with Gasteiger partial charge in [-0.15, -0.1) is 11.3 Å². The third-order valence-corrected chi connectivity index (χ3v) is 5.64. The van der Waals surface area contributed by atoms with E-state index in [0.29, 0.717) is 9.21 Å². The molecule has 3 rings (SSSR count). The summed E-state index contributed by atoms with van der Waals surface area (Å²) < 4.78 is 0.608. The second kappa shape index (κ2) is 8.12. The minimum Gasteiger partial charge on any atom is -0.396 e. The molecule has 2 N–H and O–H groups in total. The molecule has 2 heterocycles. The molecule has 1 aliphatic rings. The van der Waals surface area contributed by atoms with Crippen molar-refractivity contribution in [1.29, 1.82) is 0 Å². The first kappa shape index (κ1) is 17.4. The molecule has 0 saturated carbocycles. The Hall–Kier alpha value is -1.40. The average Bonchev–Trinajstić information content (AvgIpc) is 3.04. The minimum atomic E-state index is -0.105. The van der Waals surface area contributed by atoms with Crippen LogP contribution in [0.3, 0.4) is 0 Å². The van der Waals surface area contributed by atoms with Crippen LogP contribution in [0.25, 0.3) is 0 Å². The SMILES string of the molecule is O=C(NC1CCN(Cc2ccccc2)CC1CO)c1ccc(Cl)s1. The largest absolute Gasteiger partial charge is 0.396 e. The number of nitrogens with zero attached hydrogens (tertiary/aromatic N) is 1. The first-order valence-electron chi connectivity index (χ1n) is 8.09. The van der Waals surface area contributed by atoms with Crippen molar-refractivity contribution in [1.82, 2.24) is 10.2 Å². The van der Waals surface area contributed by atoms with Gasteiger partial charge in [-0.2, -0.15) is 0 Å². The highest BCUT2D eigenvalue weighted by Gasteiger charge is 2.30. The molecule has 6 heteroatoms. The van der Waals surface area contributed by atoms with Crippen LogP contribution in [0, 0.1) is 5.92 Å². The van der Waals surface area contributed by atoms with E-state index in [9.17, 15) is 9.90 Å². The van der Waals surface area contributed by atoms with Crippen molar-refractivity contribution in [2.45, 2.75) is 19.0 Å². The fraction of sp³-hybridized carbons (Fsp3) is 0.389. The number of hydrogen-bond acceptors (Lipinski definition) is 4. The highest BCUT2D eigenvalue weighted by Crippen LogP contribution is 2.23. The monoisotopic (exact) mass is 364 g/mol. The van der Waals surface area contributed by atoms with E-state index in [1.807, 2.05) is 18.2 Å². The third-order valence-electron chi connectivity index (χ3n) is 4.42. The average molecular weight is 365 g/mol. The predicted octanol–water partition coefficient (Wildman–Crippen LogP) is 3.01.